The number of aryl methyl sites for hydroxylation is 1. The normalized spacial score (nSPS) is 14.4. The van der Waals surface area contributed by atoms with Crippen molar-refractivity contribution >= 4 is 0 Å². The van der Waals surface area contributed by atoms with Crippen molar-refractivity contribution in [1.29, 1.82) is 0 Å². The van der Waals surface area contributed by atoms with Gasteiger partial charge in [-0.25, -0.2) is 0 Å². The largest absolute Gasteiger partial charge is 0.389 e. The van der Waals surface area contributed by atoms with E-state index in [0.717, 1.165) is 0 Å². The molecule has 16 heavy (non-hydrogen) atoms. The second-order valence-corrected chi connectivity index (χ2v) is 3.93. The molecule has 0 saturated carbocycles. The first-order chi connectivity index (χ1) is 7.29. The van der Waals surface area contributed by atoms with Crippen LogP contribution in [0.25, 0.3) is 0 Å². The summed E-state index contributed by atoms with van der Waals surface area (Å²) in [5, 5.41) is 3.46. The second-order valence-electron chi connectivity index (χ2n) is 3.93. The van der Waals surface area contributed by atoms with E-state index < -0.39 is 18.6 Å². The molecule has 0 aromatic carbocycles. The fourth-order valence-electron chi connectivity index (χ4n) is 1.04. The molecule has 7 heteroatoms. The van der Waals surface area contributed by atoms with E-state index in [1.54, 1.807) is 0 Å². The maximum atomic E-state index is 11.9. The van der Waals surface area contributed by atoms with Crippen LogP contribution < -0.4 is 5.73 Å². The molecule has 0 fully saturated rings. The lowest BCUT2D eigenvalue weighted by Crippen LogP contribution is -2.17. The molecule has 1 atom stereocenters. The number of nitrogens with two attached hydrogens (primary N) is 1. The van der Waals surface area contributed by atoms with Crippen LogP contribution >= 0.6 is 0 Å². The monoisotopic (exact) mass is 237 g/mol. The molecular weight excluding hydrogens is 223 g/mol. The molecule has 0 aliphatic heterocycles. The first-order valence-electron chi connectivity index (χ1n) is 4.94. The Kier molecular flexibility index (Phi) is 3.90. The Balaban J connectivity index is 2.58. The quantitative estimate of drug-likeness (QED) is 0.872. The second kappa shape index (κ2) is 4.82. The van der Waals surface area contributed by atoms with E-state index in [-0.39, 0.29) is 24.1 Å². The molecule has 0 radical (unpaired) electrons. The minimum Gasteiger partial charge on any atom is -0.338 e. The van der Waals surface area contributed by atoms with E-state index in [9.17, 15) is 13.2 Å². The van der Waals surface area contributed by atoms with Crippen LogP contribution in [0.3, 0.4) is 0 Å². The molecule has 0 unspecified atom stereocenters. The Hall–Kier alpha value is -1.11. The molecule has 0 aliphatic carbocycles. The summed E-state index contributed by atoms with van der Waals surface area (Å²) in [5.41, 5.74) is 5.71. The predicted octanol–water partition coefficient (Wildman–Crippen LogP) is 2.22. The highest BCUT2D eigenvalue weighted by molar-refractivity contribution is 4.93. The van der Waals surface area contributed by atoms with Gasteiger partial charge in [-0.2, -0.15) is 18.2 Å². The molecule has 1 aromatic rings. The van der Waals surface area contributed by atoms with Gasteiger partial charge in [0.2, 0.25) is 5.89 Å². The molecule has 0 saturated heterocycles. The van der Waals surface area contributed by atoms with Crippen LogP contribution in [-0.4, -0.2) is 16.3 Å². The first kappa shape index (κ1) is 13.0. The zero-order chi connectivity index (χ0) is 12.3. The van der Waals surface area contributed by atoms with Crippen molar-refractivity contribution in [2.24, 2.45) is 11.7 Å². The number of halogens is 3. The van der Waals surface area contributed by atoms with Gasteiger partial charge in [0.1, 0.15) is 0 Å². The predicted molar refractivity (Wildman–Crippen MR) is 50.4 cm³/mol. The molecule has 92 valence electrons. The van der Waals surface area contributed by atoms with Crippen LogP contribution in [0.1, 0.15) is 38.0 Å². The van der Waals surface area contributed by atoms with Crippen molar-refractivity contribution in [3.8, 4) is 0 Å². The molecule has 0 aliphatic rings. The van der Waals surface area contributed by atoms with Gasteiger partial charge < -0.3 is 10.3 Å². The fourth-order valence-corrected chi connectivity index (χ4v) is 1.04. The Labute approximate surface area is 91.0 Å². The van der Waals surface area contributed by atoms with Crippen molar-refractivity contribution in [2.45, 2.75) is 38.9 Å². The average molecular weight is 237 g/mol. The lowest BCUT2D eigenvalue weighted by atomic mass is 10.1. The van der Waals surface area contributed by atoms with E-state index in [4.69, 9.17) is 10.3 Å². The molecule has 0 spiro atoms. The minimum atomic E-state index is -4.21. The molecular formula is C9H14F3N3O. The third kappa shape index (κ3) is 3.80. The van der Waals surface area contributed by atoms with Crippen molar-refractivity contribution in [3.63, 3.8) is 0 Å². The van der Waals surface area contributed by atoms with Gasteiger partial charge in [-0.1, -0.05) is 19.0 Å². The molecule has 2 N–H and O–H groups in total. The number of aromatic nitrogens is 2. The molecule has 4 nitrogen and oxygen atoms in total. The number of hydrogen-bond donors (Lipinski definition) is 1. The summed E-state index contributed by atoms with van der Waals surface area (Å²) >= 11 is 0. The van der Waals surface area contributed by atoms with Crippen LogP contribution in [0.4, 0.5) is 13.2 Å². The van der Waals surface area contributed by atoms with E-state index in [1.807, 2.05) is 13.8 Å². The Bertz CT molecular complexity index is 335. The number of rotatable bonds is 4. The minimum absolute atomic E-state index is 0.0448. The van der Waals surface area contributed by atoms with E-state index in [2.05, 4.69) is 10.1 Å². The highest BCUT2D eigenvalue weighted by Gasteiger charge is 2.28. The number of nitrogens with zero attached hydrogens (tertiary/aromatic N) is 2. The van der Waals surface area contributed by atoms with E-state index in [0.29, 0.717) is 0 Å². The molecule has 1 rings (SSSR count). The summed E-state index contributed by atoms with van der Waals surface area (Å²) in [4.78, 5) is 3.83. The summed E-state index contributed by atoms with van der Waals surface area (Å²) in [6.07, 6.45) is -5.44. The summed E-state index contributed by atoms with van der Waals surface area (Å²) in [5.74, 6) is 0.325. The van der Waals surface area contributed by atoms with Gasteiger partial charge in [0.15, 0.2) is 5.82 Å². The lowest BCUT2D eigenvalue weighted by molar-refractivity contribution is -0.134. The molecule has 0 bridgehead atoms. The van der Waals surface area contributed by atoms with Crippen LogP contribution in [0.2, 0.25) is 0 Å². The highest BCUT2D eigenvalue weighted by atomic mass is 19.4. The average Bonchev–Trinajstić information content (AvgIpc) is 2.60. The van der Waals surface area contributed by atoms with Crippen molar-refractivity contribution < 1.29 is 17.7 Å². The van der Waals surface area contributed by atoms with Gasteiger partial charge in [0.05, 0.1) is 12.5 Å². The first-order valence-corrected chi connectivity index (χ1v) is 4.94. The topological polar surface area (TPSA) is 64.9 Å². The van der Waals surface area contributed by atoms with Gasteiger partial charge in [-0.3, -0.25) is 0 Å². The summed E-state index contributed by atoms with van der Waals surface area (Å²) < 4.78 is 40.6. The third-order valence-electron chi connectivity index (χ3n) is 2.12. The van der Waals surface area contributed by atoms with Crippen LogP contribution in [0.5, 0.6) is 0 Å². The lowest BCUT2D eigenvalue weighted by Gasteiger charge is -2.09. The third-order valence-corrected chi connectivity index (χ3v) is 2.12. The van der Waals surface area contributed by atoms with E-state index >= 15 is 0 Å². The standard InChI is InChI=1S/C9H14F3N3O/c1-5(2)7(13)8-14-6(15-16-8)3-4-9(10,11)12/h5,7H,3-4,13H2,1-2H3/t7-/m1/s1. The highest BCUT2D eigenvalue weighted by Crippen LogP contribution is 2.22. The van der Waals surface area contributed by atoms with Gasteiger partial charge in [0, 0.05) is 6.42 Å². The van der Waals surface area contributed by atoms with Crippen LogP contribution in [-0.2, 0) is 6.42 Å². The number of hydrogen-bond acceptors (Lipinski definition) is 4. The number of alkyl halides is 3. The zero-order valence-electron chi connectivity index (χ0n) is 9.08. The van der Waals surface area contributed by atoms with Crippen LogP contribution in [0.15, 0.2) is 4.52 Å². The smallest absolute Gasteiger partial charge is 0.338 e. The maximum absolute atomic E-state index is 11.9. The van der Waals surface area contributed by atoms with E-state index in [1.165, 1.54) is 0 Å². The van der Waals surface area contributed by atoms with Gasteiger partial charge in [-0.05, 0) is 5.92 Å². The van der Waals surface area contributed by atoms with Gasteiger partial charge in [0.25, 0.3) is 0 Å². The SMILES string of the molecule is CC(C)[C@@H](N)c1nc(CCC(F)(F)F)no1. The maximum Gasteiger partial charge on any atom is 0.389 e. The Morgan fingerprint density at radius 3 is 2.50 bits per heavy atom. The molecule has 0 amide bonds. The van der Waals surface area contributed by atoms with Crippen molar-refractivity contribution in [1.82, 2.24) is 10.1 Å². The fraction of sp³-hybridized carbons (Fsp3) is 0.778. The molecule has 1 heterocycles. The van der Waals surface area contributed by atoms with Crippen molar-refractivity contribution in [2.75, 3.05) is 0 Å². The Morgan fingerprint density at radius 2 is 2.00 bits per heavy atom. The van der Waals surface area contributed by atoms with Gasteiger partial charge >= 0.3 is 6.18 Å². The summed E-state index contributed by atoms with van der Waals surface area (Å²) in [6, 6.07) is -0.438. The zero-order valence-corrected chi connectivity index (χ0v) is 9.08. The van der Waals surface area contributed by atoms with Crippen LogP contribution in [0, 0.1) is 5.92 Å². The summed E-state index contributed by atoms with van der Waals surface area (Å²) in [7, 11) is 0. The Morgan fingerprint density at radius 1 is 1.38 bits per heavy atom. The van der Waals surface area contributed by atoms with Gasteiger partial charge in [-0.15, -0.1) is 0 Å². The van der Waals surface area contributed by atoms with Crippen molar-refractivity contribution in [3.05, 3.63) is 11.7 Å². The summed E-state index contributed by atoms with van der Waals surface area (Å²) in [6.45, 7) is 3.73. The molecule has 1 aromatic heterocycles.